The van der Waals surface area contributed by atoms with Gasteiger partial charge in [-0.05, 0) is 13.0 Å². The lowest BCUT2D eigenvalue weighted by molar-refractivity contribution is -0.384. The maximum absolute atomic E-state index is 12.9. The number of nitrogens with one attached hydrogen (secondary N) is 1. The van der Waals surface area contributed by atoms with Crippen molar-refractivity contribution in [2.45, 2.75) is 19.2 Å². The minimum absolute atomic E-state index is 0.0269. The Kier molecular flexibility index (Phi) is 4.40. The van der Waals surface area contributed by atoms with Crippen LogP contribution in [0.15, 0.2) is 30.6 Å². The van der Waals surface area contributed by atoms with Crippen LogP contribution in [0.1, 0.15) is 12.5 Å². The van der Waals surface area contributed by atoms with E-state index in [2.05, 4.69) is 10.4 Å². The Bertz CT molecular complexity index is 803. The fraction of sp³-hybridized carbons (Fsp3) is 0.250. The Labute approximate surface area is 125 Å². The molecule has 1 aromatic carbocycles. The van der Waals surface area contributed by atoms with E-state index in [4.69, 9.17) is 0 Å². The topological polar surface area (TPSA) is 107 Å². The van der Waals surface area contributed by atoms with Crippen molar-refractivity contribution in [1.29, 1.82) is 0 Å². The Hall–Kier alpha value is -2.49. The van der Waals surface area contributed by atoms with Gasteiger partial charge in [0.2, 0.25) is 0 Å². The van der Waals surface area contributed by atoms with Crippen molar-refractivity contribution in [2.24, 2.45) is 0 Å². The van der Waals surface area contributed by atoms with Crippen molar-refractivity contribution in [1.82, 2.24) is 9.78 Å². The first-order valence-electron chi connectivity index (χ1n) is 6.27. The average Bonchev–Trinajstić information content (AvgIpc) is 2.86. The van der Waals surface area contributed by atoms with E-state index in [1.807, 2.05) is 6.92 Å². The van der Waals surface area contributed by atoms with Crippen LogP contribution in [-0.4, -0.2) is 23.1 Å². The summed E-state index contributed by atoms with van der Waals surface area (Å²) in [4.78, 5) is 10.1. The van der Waals surface area contributed by atoms with Gasteiger partial charge in [-0.25, -0.2) is 0 Å². The molecule has 0 atom stereocenters. The van der Waals surface area contributed by atoms with Crippen LogP contribution in [0.2, 0.25) is 0 Å². The van der Waals surface area contributed by atoms with Gasteiger partial charge in [0.1, 0.15) is 5.75 Å². The van der Waals surface area contributed by atoms with E-state index in [0.717, 1.165) is 6.07 Å². The molecule has 0 saturated carbocycles. The van der Waals surface area contributed by atoms with E-state index < -0.39 is 20.9 Å². The number of benzene rings is 1. The van der Waals surface area contributed by atoms with Gasteiger partial charge in [-0.1, -0.05) is 0 Å². The molecule has 0 aliphatic rings. The number of aryl methyl sites for hydroxylation is 1. The van der Waals surface area contributed by atoms with Gasteiger partial charge in [-0.2, -0.15) is 13.5 Å². The quantitative estimate of drug-likeness (QED) is 0.495. The van der Waals surface area contributed by atoms with Crippen molar-refractivity contribution < 1.29 is 17.2 Å². The lowest BCUT2D eigenvalue weighted by atomic mass is 10.1. The normalized spacial score (nSPS) is 11.4. The zero-order valence-corrected chi connectivity index (χ0v) is 12.4. The minimum Gasteiger partial charge on any atom is -0.353 e. The number of anilines is 2. The van der Waals surface area contributed by atoms with Gasteiger partial charge in [0.25, 0.3) is 5.69 Å². The SMILES string of the molecule is CCn1cc(Nc2ccc([N+](=O)[O-])cc2CS(=O)(=O)F)cn1. The van der Waals surface area contributed by atoms with Crippen LogP contribution in [0.25, 0.3) is 0 Å². The van der Waals surface area contributed by atoms with Gasteiger partial charge in [-0.3, -0.25) is 14.8 Å². The first kappa shape index (κ1) is 15.9. The highest BCUT2D eigenvalue weighted by Crippen LogP contribution is 2.27. The maximum Gasteiger partial charge on any atom is 0.306 e. The molecule has 0 bridgehead atoms. The second kappa shape index (κ2) is 6.10. The zero-order valence-electron chi connectivity index (χ0n) is 11.6. The molecule has 0 spiro atoms. The summed E-state index contributed by atoms with van der Waals surface area (Å²) in [7, 11) is -4.82. The molecule has 22 heavy (non-hydrogen) atoms. The second-order valence-corrected chi connectivity index (χ2v) is 5.86. The predicted molar refractivity (Wildman–Crippen MR) is 78.0 cm³/mol. The lowest BCUT2D eigenvalue weighted by Gasteiger charge is -2.09. The number of non-ortho nitro benzene ring substituents is 1. The molecule has 0 fully saturated rings. The predicted octanol–water partition coefficient (Wildman–Crippen LogP) is 2.35. The highest BCUT2D eigenvalue weighted by atomic mass is 32.3. The average molecular weight is 328 g/mol. The van der Waals surface area contributed by atoms with E-state index in [1.54, 1.807) is 10.9 Å². The molecule has 10 heteroatoms. The summed E-state index contributed by atoms with van der Waals surface area (Å²) >= 11 is 0. The molecule has 0 radical (unpaired) electrons. The van der Waals surface area contributed by atoms with Gasteiger partial charge >= 0.3 is 10.2 Å². The van der Waals surface area contributed by atoms with E-state index in [-0.39, 0.29) is 16.9 Å². The summed E-state index contributed by atoms with van der Waals surface area (Å²) < 4.78 is 36.3. The molecular formula is C12H13FN4O4S. The number of halogens is 1. The van der Waals surface area contributed by atoms with Crippen molar-refractivity contribution >= 4 is 27.3 Å². The summed E-state index contributed by atoms with van der Waals surface area (Å²) in [5, 5.41) is 17.7. The van der Waals surface area contributed by atoms with E-state index in [0.29, 0.717) is 12.2 Å². The number of nitro benzene ring substituents is 1. The lowest BCUT2D eigenvalue weighted by Crippen LogP contribution is -2.02. The van der Waals surface area contributed by atoms with Crippen molar-refractivity contribution in [3.8, 4) is 0 Å². The summed E-state index contributed by atoms with van der Waals surface area (Å²) in [5.74, 6) is -0.946. The van der Waals surface area contributed by atoms with Crippen molar-refractivity contribution in [3.05, 3.63) is 46.3 Å². The van der Waals surface area contributed by atoms with Gasteiger partial charge in [-0.15, -0.1) is 3.89 Å². The van der Waals surface area contributed by atoms with Crippen molar-refractivity contribution in [2.75, 3.05) is 5.32 Å². The van der Waals surface area contributed by atoms with Crippen LogP contribution in [0.3, 0.4) is 0 Å². The van der Waals surface area contributed by atoms with Crippen LogP contribution >= 0.6 is 0 Å². The molecular weight excluding hydrogens is 315 g/mol. The molecule has 118 valence electrons. The maximum atomic E-state index is 12.9. The first-order chi connectivity index (χ1) is 10.3. The van der Waals surface area contributed by atoms with Crippen LogP contribution < -0.4 is 5.32 Å². The van der Waals surface area contributed by atoms with Gasteiger partial charge < -0.3 is 5.32 Å². The summed E-state index contributed by atoms with van der Waals surface area (Å²) in [6.07, 6.45) is 3.19. The standard InChI is InChI=1S/C12H13FN4O4S/c1-2-16-7-10(6-14-16)15-12-4-3-11(17(18)19)5-9(12)8-22(13,20)21/h3-7,15H,2,8H2,1H3. The van der Waals surface area contributed by atoms with Gasteiger partial charge in [0.05, 0.1) is 16.8 Å². The van der Waals surface area contributed by atoms with Crippen LogP contribution in [-0.2, 0) is 22.5 Å². The Morgan fingerprint density at radius 3 is 2.73 bits per heavy atom. The molecule has 8 nitrogen and oxygen atoms in total. The molecule has 1 heterocycles. The highest BCUT2D eigenvalue weighted by molar-refractivity contribution is 7.85. The Balaban J connectivity index is 2.38. The fourth-order valence-electron chi connectivity index (χ4n) is 1.88. The second-order valence-electron chi connectivity index (χ2n) is 4.49. The number of nitro groups is 1. The summed E-state index contributed by atoms with van der Waals surface area (Å²) in [6, 6.07) is 3.58. The third kappa shape index (κ3) is 4.01. The molecule has 2 aromatic rings. The Morgan fingerprint density at radius 1 is 1.45 bits per heavy atom. The minimum atomic E-state index is -4.82. The van der Waals surface area contributed by atoms with Gasteiger partial charge in [0, 0.05) is 36.1 Å². The molecule has 1 N–H and O–H groups in total. The number of nitrogens with zero attached hydrogens (tertiary/aromatic N) is 3. The van der Waals surface area contributed by atoms with E-state index in [1.165, 1.54) is 18.3 Å². The molecule has 0 saturated heterocycles. The van der Waals surface area contributed by atoms with Crippen LogP contribution in [0, 0.1) is 10.1 Å². The van der Waals surface area contributed by atoms with E-state index in [9.17, 15) is 22.4 Å². The summed E-state index contributed by atoms with van der Waals surface area (Å²) in [5.41, 5.74) is 0.491. The highest BCUT2D eigenvalue weighted by Gasteiger charge is 2.17. The third-order valence-electron chi connectivity index (χ3n) is 2.86. The fourth-order valence-corrected chi connectivity index (χ4v) is 2.49. The Morgan fingerprint density at radius 2 is 2.18 bits per heavy atom. The van der Waals surface area contributed by atoms with Crippen LogP contribution in [0.4, 0.5) is 20.9 Å². The number of hydrogen-bond donors (Lipinski definition) is 1. The molecule has 0 aliphatic heterocycles. The molecule has 2 rings (SSSR count). The number of hydrogen-bond acceptors (Lipinski definition) is 6. The number of aromatic nitrogens is 2. The number of rotatable bonds is 6. The zero-order chi connectivity index (χ0) is 16.3. The van der Waals surface area contributed by atoms with Crippen LogP contribution in [0.5, 0.6) is 0 Å². The smallest absolute Gasteiger partial charge is 0.306 e. The van der Waals surface area contributed by atoms with E-state index >= 15 is 0 Å². The first-order valence-corrected chi connectivity index (χ1v) is 7.83. The van der Waals surface area contributed by atoms with Crippen molar-refractivity contribution in [3.63, 3.8) is 0 Å². The summed E-state index contributed by atoms with van der Waals surface area (Å²) in [6.45, 7) is 2.54. The third-order valence-corrected chi connectivity index (χ3v) is 3.52. The monoisotopic (exact) mass is 328 g/mol. The largest absolute Gasteiger partial charge is 0.353 e. The molecule has 0 aliphatic carbocycles. The molecule has 0 unspecified atom stereocenters. The molecule has 1 aromatic heterocycles. The van der Waals surface area contributed by atoms with Gasteiger partial charge in [0.15, 0.2) is 0 Å². The molecule has 0 amide bonds.